The Bertz CT molecular complexity index is 1090. The van der Waals surface area contributed by atoms with Crippen molar-refractivity contribution in [3.63, 3.8) is 0 Å². The van der Waals surface area contributed by atoms with E-state index in [2.05, 4.69) is 15.3 Å². The number of rotatable bonds is 2. The fraction of sp³-hybridized carbons (Fsp3) is 0.333. The summed E-state index contributed by atoms with van der Waals surface area (Å²) in [6, 6.07) is 7.64. The van der Waals surface area contributed by atoms with E-state index in [0.29, 0.717) is 17.4 Å². The number of benzene rings is 1. The molecule has 7 nitrogen and oxygen atoms in total. The fourth-order valence-electron chi connectivity index (χ4n) is 3.72. The molecular formula is C21H23N5O2S. The fourth-order valence-corrected chi connectivity index (χ4v) is 4.43. The second-order valence-corrected chi connectivity index (χ2v) is 8.43. The number of thiazole rings is 1. The molecule has 0 saturated carbocycles. The Labute approximate surface area is 173 Å². The molecule has 0 radical (unpaired) electrons. The molecular weight excluding hydrogens is 386 g/mol. The Hall–Kier alpha value is -3.00. The molecule has 0 unspecified atom stereocenters. The number of nitrogens with one attached hydrogen (secondary N) is 1. The number of aryl methyl sites for hydroxylation is 2. The zero-order chi connectivity index (χ0) is 20.5. The maximum Gasteiger partial charge on any atom is 0.313 e. The van der Waals surface area contributed by atoms with Crippen LogP contribution < -0.4 is 11.1 Å². The van der Waals surface area contributed by atoms with E-state index >= 15 is 0 Å². The van der Waals surface area contributed by atoms with Crippen molar-refractivity contribution in [2.45, 2.75) is 39.2 Å². The molecule has 1 aliphatic heterocycles. The summed E-state index contributed by atoms with van der Waals surface area (Å²) in [5.41, 5.74) is 10.0. The van der Waals surface area contributed by atoms with Crippen LogP contribution in [0, 0.1) is 13.8 Å². The number of nitrogens with zero attached hydrogens (tertiary/aromatic N) is 3. The van der Waals surface area contributed by atoms with E-state index in [9.17, 15) is 9.59 Å². The van der Waals surface area contributed by atoms with Crippen molar-refractivity contribution in [3.05, 3.63) is 47.3 Å². The summed E-state index contributed by atoms with van der Waals surface area (Å²) in [7, 11) is 0. The molecule has 1 atom stereocenters. The van der Waals surface area contributed by atoms with Crippen LogP contribution in [-0.2, 0) is 9.59 Å². The summed E-state index contributed by atoms with van der Waals surface area (Å²) in [4.78, 5) is 35.9. The molecule has 4 rings (SSSR count). The van der Waals surface area contributed by atoms with E-state index in [0.717, 1.165) is 46.3 Å². The molecule has 3 heterocycles. The van der Waals surface area contributed by atoms with Crippen molar-refractivity contribution in [2.24, 2.45) is 0 Å². The van der Waals surface area contributed by atoms with Crippen molar-refractivity contribution < 1.29 is 9.59 Å². The van der Waals surface area contributed by atoms with Gasteiger partial charge in [0.15, 0.2) is 5.13 Å². The molecule has 2 amide bonds. The molecule has 1 aromatic carbocycles. The van der Waals surface area contributed by atoms with Gasteiger partial charge in [-0.25, -0.2) is 4.98 Å². The van der Waals surface area contributed by atoms with Crippen molar-refractivity contribution in [3.8, 4) is 0 Å². The largest absolute Gasteiger partial charge is 0.375 e. The first-order valence-corrected chi connectivity index (χ1v) is 10.4. The van der Waals surface area contributed by atoms with Crippen molar-refractivity contribution in [1.29, 1.82) is 0 Å². The van der Waals surface area contributed by atoms with Gasteiger partial charge in [-0.1, -0.05) is 17.4 Å². The lowest BCUT2D eigenvalue weighted by atomic mass is 9.95. The van der Waals surface area contributed by atoms with Gasteiger partial charge in [0, 0.05) is 12.2 Å². The summed E-state index contributed by atoms with van der Waals surface area (Å²) in [5.74, 6) is -1.16. The second kappa shape index (κ2) is 7.79. The second-order valence-electron chi connectivity index (χ2n) is 7.37. The quantitative estimate of drug-likeness (QED) is 0.630. The summed E-state index contributed by atoms with van der Waals surface area (Å²) < 4.78 is 1.01. The van der Waals surface area contributed by atoms with Gasteiger partial charge in [-0.15, -0.1) is 0 Å². The van der Waals surface area contributed by atoms with Gasteiger partial charge in [0.2, 0.25) is 0 Å². The van der Waals surface area contributed by atoms with Crippen LogP contribution in [-0.4, -0.2) is 33.2 Å². The number of nitrogens with two attached hydrogens (primary N) is 1. The number of nitrogen functional groups attached to an aromatic ring is 1. The molecule has 29 heavy (non-hydrogen) atoms. The maximum atomic E-state index is 13.0. The molecule has 3 N–H and O–H groups in total. The number of likely N-dealkylation sites (tertiary alicyclic amines) is 1. The molecule has 2 aromatic heterocycles. The average molecular weight is 410 g/mol. The molecule has 0 spiro atoms. The standard InChI is InChI=1S/C21H23N5O2S/c1-12-9-15(11-23-13(12)2)24-19(27)20(28)26-8-4-3-5-17(26)14-6-7-18-16(10-14)25-21(22)29-18/h6-7,9-11,17H,3-5,8H2,1-2H3,(H2,22,25)(H,24,27)/t17-/m0/s1. The number of carbonyl (C=O) groups is 2. The molecule has 1 saturated heterocycles. The minimum absolute atomic E-state index is 0.146. The lowest BCUT2D eigenvalue weighted by Crippen LogP contribution is -2.44. The number of carbonyl (C=O) groups excluding carboxylic acids is 2. The highest BCUT2D eigenvalue weighted by molar-refractivity contribution is 7.22. The number of hydrogen-bond donors (Lipinski definition) is 2. The van der Waals surface area contributed by atoms with Crippen molar-refractivity contribution >= 4 is 44.2 Å². The van der Waals surface area contributed by atoms with Crippen molar-refractivity contribution in [2.75, 3.05) is 17.6 Å². The van der Waals surface area contributed by atoms with Crippen LogP contribution in [0.1, 0.15) is 42.1 Å². The number of amides is 2. The lowest BCUT2D eigenvalue weighted by molar-refractivity contribution is -0.145. The van der Waals surface area contributed by atoms with Gasteiger partial charge in [0.1, 0.15) is 0 Å². The van der Waals surface area contributed by atoms with Crippen molar-refractivity contribution in [1.82, 2.24) is 14.9 Å². The number of pyridine rings is 1. The highest BCUT2D eigenvalue weighted by atomic mass is 32.1. The third-order valence-electron chi connectivity index (χ3n) is 5.37. The normalized spacial score (nSPS) is 16.8. The Morgan fingerprint density at radius 1 is 1.24 bits per heavy atom. The average Bonchev–Trinajstić information content (AvgIpc) is 3.09. The topological polar surface area (TPSA) is 101 Å². The first-order chi connectivity index (χ1) is 13.9. The zero-order valence-electron chi connectivity index (χ0n) is 16.4. The lowest BCUT2D eigenvalue weighted by Gasteiger charge is -2.35. The molecule has 0 aliphatic carbocycles. The van der Waals surface area contributed by atoms with Crippen LogP contribution >= 0.6 is 11.3 Å². The van der Waals surface area contributed by atoms with Crippen LogP contribution in [0.2, 0.25) is 0 Å². The Balaban J connectivity index is 1.56. The van der Waals surface area contributed by atoms with Gasteiger partial charge in [-0.3, -0.25) is 14.6 Å². The summed E-state index contributed by atoms with van der Waals surface area (Å²) in [6.45, 7) is 4.37. The predicted molar refractivity (Wildman–Crippen MR) is 115 cm³/mol. The number of hydrogen-bond acceptors (Lipinski definition) is 6. The Morgan fingerprint density at radius 3 is 2.86 bits per heavy atom. The Kier molecular flexibility index (Phi) is 5.19. The minimum Gasteiger partial charge on any atom is -0.375 e. The monoisotopic (exact) mass is 409 g/mol. The minimum atomic E-state index is -0.638. The zero-order valence-corrected chi connectivity index (χ0v) is 17.3. The Morgan fingerprint density at radius 2 is 2.07 bits per heavy atom. The van der Waals surface area contributed by atoms with Gasteiger partial charge in [0.05, 0.1) is 28.1 Å². The van der Waals surface area contributed by atoms with Gasteiger partial charge in [0.25, 0.3) is 0 Å². The number of fused-ring (bicyclic) bond motifs is 1. The predicted octanol–water partition coefficient (Wildman–Crippen LogP) is 3.58. The number of aromatic nitrogens is 2. The van der Waals surface area contributed by atoms with Crippen LogP contribution in [0.3, 0.4) is 0 Å². The van der Waals surface area contributed by atoms with E-state index in [1.165, 1.54) is 11.3 Å². The third kappa shape index (κ3) is 3.93. The molecule has 150 valence electrons. The van der Waals surface area contributed by atoms with Gasteiger partial charge in [-0.05, 0) is 62.4 Å². The number of piperidine rings is 1. The number of anilines is 2. The molecule has 3 aromatic rings. The first-order valence-electron chi connectivity index (χ1n) is 9.63. The van der Waals surface area contributed by atoms with Gasteiger partial charge >= 0.3 is 11.8 Å². The van der Waals surface area contributed by atoms with Crippen LogP contribution in [0.4, 0.5) is 10.8 Å². The highest BCUT2D eigenvalue weighted by Gasteiger charge is 2.32. The molecule has 0 bridgehead atoms. The highest BCUT2D eigenvalue weighted by Crippen LogP contribution is 2.34. The van der Waals surface area contributed by atoms with E-state index in [1.807, 2.05) is 38.1 Å². The SMILES string of the molecule is Cc1cc(NC(=O)C(=O)N2CCCC[C@H]2c2ccc3sc(N)nc3c2)cnc1C. The molecule has 1 aliphatic rings. The smallest absolute Gasteiger partial charge is 0.313 e. The summed E-state index contributed by atoms with van der Waals surface area (Å²) in [6.07, 6.45) is 4.28. The van der Waals surface area contributed by atoms with E-state index in [1.54, 1.807) is 11.1 Å². The molecule has 1 fully saturated rings. The summed E-state index contributed by atoms with van der Waals surface area (Å²) in [5, 5.41) is 3.22. The van der Waals surface area contributed by atoms with Crippen LogP contribution in [0.5, 0.6) is 0 Å². The van der Waals surface area contributed by atoms with Crippen LogP contribution in [0.25, 0.3) is 10.2 Å². The van der Waals surface area contributed by atoms with Gasteiger partial charge < -0.3 is 16.0 Å². The van der Waals surface area contributed by atoms with E-state index < -0.39 is 11.8 Å². The van der Waals surface area contributed by atoms with Gasteiger partial charge in [-0.2, -0.15) is 0 Å². The molecule has 8 heteroatoms. The third-order valence-corrected chi connectivity index (χ3v) is 6.23. The first kappa shape index (κ1) is 19.3. The summed E-state index contributed by atoms with van der Waals surface area (Å²) >= 11 is 1.44. The van der Waals surface area contributed by atoms with E-state index in [4.69, 9.17) is 5.73 Å². The van der Waals surface area contributed by atoms with E-state index in [-0.39, 0.29) is 6.04 Å². The maximum absolute atomic E-state index is 13.0. The van der Waals surface area contributed by atoms with Crippen LogP contribution in [0.15, 0.2) is 30.5 Å².